The van der Waals surface area contributed by atoms with Crippen molar-refractivity contribution in [1.29, 1.82) is 0 Å². The fraction of sp³-hybridized carbons (Fsp3) is 0.350. The summed E-state index contributed by atoms with van der Waals surface area (Å²) in [5.74, 6) is 1.49. The average molecular weight is 343 g/mol. The van der Waals surface area contributed by atoms with Crippen LogP contribution in [0.2, 0.25) is 0 Å². The van der Waals surface area contributed by atoms with E-state index in [1.165, 1.54) is 11.1 Å². The highest BCUT2D eigenvalue weighted by atomic mass is 16.5. The van der Waals surface area contributed by atoms with Crippen LogP contribution < -0.4 is 19.5 Å². The van der Waals surface area contributed by atoms with Crippen LogP contribution in [-0.4, -0.2) is 27.2 Å². The van der Waals surface area contributed by atoms with Gasteiger partial charge in [0.15, 0.2) is 11.5 Å². The Labute approximate surface area is 148 Å². The van der Waals surface area contributed by atoms with Crippen molar-refractivity contribution in [3.05, 3.63) is 47.5 Å². The number of amides is 1. The van der Waals surface area contributed by atoms with E-state index >= 15 is 0 Å². The van der Waals surface area contributed by atoms with E-state index in [0.29, 0.717) is 29.4 Å². The number of carbonyl (C=O) groups excluding carboxylic acids is 1. The Kier molecular flexibility index (Phi) is 6.69. The molecular weight excluding hydrogens is 318 g/mol. The lowest BCUT2D eigenvalue weighted by atomic mass is 10.0. The first-order valence-electron chi connectivity index (χ1n) is 8.23. The van der Waals surface area contributed by atoms with Crippen molar-refractivity contribution >= 4 is 11.6 Å². The number of rotatable bonds is 8. The first-order valence-corrected chi connectivity index (χ1v) is 8.23. The Hall–Kier alpha value is -2.69. The van der Waals surface area contributed by atoms with Crippen LogP contribution in [0.1, 0.15) is 24.0 Å². The fourth-order valence-corrected chi connectivity index (χ4v) is 2.71. The molecule has 5 nitrogen and oxygen atoms in total. The van der Waals surface area contributed by atoms with Crippen LogP contribution in [0.3, 0.4) is 0 Å². The van der Waals surface area contributed by atoms with Crippen molar-refractivity contribution in [3.8, 4) is 17.2 Å². The molecule has 0 radical (unpaired) electrons. The van der Waals surface area contributed by atoms with Gasteiger partial charge >= 0.3 is 0 Å². The maximum absolute atomic E-state index is 12.2. The Morgan fingerprint density at radius 3 is 2.20 bits per heavy atom. The normalized spacial score (nSPS) is 10.2. The van der Waals surface area contributed by atoms with E-state index in [1.807, 2.05) is 12.1 Å². The molecule has 2 aromatic rings. The number of aryl methyl sites for hydroxylation is 2. The van der Waals surface area contributed by atoms with Gasteiger partial charge in [-0.15, -0.1) is 0 Å². The summed E-state index contributed by atoms with van der Waals surface area (Å²) in [6.07, 6.45) is 2.13. The molecule has 134 valence electrons. The van der Waals surface area contributed by atoms with Gasteiger partial charge in [0.2, 0.25) is 11.7 Å². The van der Waals surface area contributed by atoms with Gasteiger partial charge in [-0.05, 0) is 30.9 Å². The topological polar surface area (TPSA) is 56.8 Å². The van der Waals surface area contributed by atoms with Gasteiger partial charge in [-0.1, -0.05) is 24.3 Å². The van der Waals surface area contributed by atoms with Gasteiger partial charge < -0.3 is 19.5 Å². The largest absolute Gasteiger partial charge is 0.493 e. The van der Waals surface area contributed by atoms with Crippen LogP contribution in [0, 0.1) is 6.92 Å². The third-order valence-corrected chi connectivity index (χ3v) is 4.06. The van der Waals surface area contributed by atoms with Crippen LogP contribution in [0.25, 0.3) is 0 Å². The Morgan fingerprint density at radius 1 is 1.00 bits per heavy atom. The Balaban J connectivity index is 1.97. The van der Waals surface area contributed by atoms with Crippen LogP contribution >= 0.6 is 0 Å². The van der Waals surface area contributed by atoms with E-state index in [0.717, 1.165) is 12.8 Å². The molecule has 0 atom stereocenters. The molecule has 0 aliphatic rings. The molecule has 1 amide bonds. The van der Waals surface area contributed by atoms with E-state index in [1.54, 1.807) is 33.5 Å². The molecule has 0 bridgehead atoms. The molecule has 0 heterocycles. The van der Waals surface area contributed by atoms with Crippen LogP contribution in [0.4, 0.5) is 5.69 Å². The number of hydrogen-bond donors (Lipinski definition) is 1. The maximum Gasteiger partial charge on any atom is 0.224 e. The summed E-state index contributed by atoms with van der Waals surface area (Å²) in [5, 5.41) is 2.89. The summed E-state index contributed by atoms with van der Waals surface area (Å²) in [7, 11) is 4.64. The van der Waals surface area contributed by atoms with E-state index < -0.39 is 0 Å². The SMILES string of the molecule is COc1cc(NC(=O)CCCc2ccccc2C)cc(OC)c1OC. The number of hydrogen-bond acceptors (Lipinski definition) is 4. The summed E-state index contributed by atoms with van der Waals surface area (Å²) in [6, 6.07) is 11.7. The van der Waals surface area contributed by atoms with E-state index in [-0.39, 0.29) is 5.91 Å². The summed E-state index contributed by atoms with van der Waals surface area (Å²) in [4.78, 5) is 12.2. The number of ether oxygens (including phenoxy) is 3. The third-order valence-electron chi connectivity index (χ3n) is 4.06. The molecule has 0 aliphatic carbocycles. The minimum Gasteiger partial charge on any atom is -0.493 e. The second kappa shape index (κ2) is 8.97. The molecule has 0 saturated carbocycles. The minimum absolute atomic E-state index is 0.0390. The monoisotopic (exact) mass is 343 g/mol. The third kappa shape index (κ3) is 4.89. The van der Waals surface area contributed by atoms with Gasteiger partial charge in [-0.25, -0.2) is 0 Å². The molecule has 0 aliphatic heterocycles. The predicted octanol–water partition coefficient (Wildman–Crippen LogP) is 3.98. The molecule has 0 unspecified atom stereocenters. The number of carbonyl (C=O) groups is 1. The van der Waals surface area contributed by atoms with Gasteiger partial charge in [0.25, 0.3) is 0 Å². The summed E-state index contributed by atoms with van der Waals surface area (Å²) >= 11 is 0. The fourth-order valence-electron chi connectivity index (χ4n) is 2.71. The van der Waals surface area contributed by atoms with Gasteiger partial charge in [0, 0.05) is 24.2 Å². The highest BCUT2D eigenvalue weighted by Gasteiger charge is 2.14. The smallest absolute Gasteiger partial charge is 0.224 e. The lowest BCUT2D eigenvalue weighted by molar-refractivity contribution is -0.116. The quantitative estimate of drug-likeness (QED) is 0.787. The van der Waals surface area contributed by atoms with Gasteiger partial charge in [-0.3, -0.25) is 4.79 Å². The van der Waals surface area contributed by atoms with Gasteiger partial charge in [-0.2, -0.15) is 0 Å². The molecule has 1 N–H and O–H groups in total. The van der Waals surface area contributed by atoms with Crippen LogP contribution in [0.5, 0.6) is 17.2 Å². The molecular formula is C20H25NO4. The van der Waals surface area contributed by atoms with Crippen LogP contribution in [0.15, 0.2) is 36.4 Å². The molecule has 2 aromatic carbocycles. The molecule has 0 spiro atoms. The minimum atomic E-state index is -0.0390. The number of anilines is 1. The van der Waals surface area contributed by atoms with Crippen molar-refractivity contribution in [3.63, 3.8) is 0 Å². The second-order valence-electron chi connectivity index (χ2n) is 5.74. The standard InChI is InChI=1S/C20H25NO4/c1-14-8-5-6-9-15(14)10-7-11-19(22)21-16-12-17(23-2)20(25-4)18(13-16)24-3/h5-6,8-9,12-13H,7,10-11H2,1-4H3,(H,21,22). The van der Waals surface area contributed by atoms with Gasteiger partial charge in [0.05, 0.1) is 21.3 Å². The highest BCUT2D eigenvalue weighted by Crippen LogP contribution is 2.39. The van der Waals surface area contributed by atoms with Crippen molar-refractivity contribution in [2.24, 2.45) is 0 Å². The Morgan fingerprint density at radius 2 is 1.64 bits per heavy atom. The van der Waals surface area contributed by atoms with Crippen LogP contribution in [-0.2, 0) is 11.2 Å². The van der Waals surface area contributed by atoms with Crippen molar-refractivity contribution in [1.82, 2.24) is 0 Å². The predicted molar refractivity (Wildman–Crippen MR) is 98.8 cm³/mol. The zero-order valence-corrected chi connectivity index (χ0v) is 15.2. The number of nitrogens with one attached hydrogen (secondary N) is 1. The molecule has 25 heavy (non-hydrogen) atoms. The molecule has 0 saturated heterocycles. The Bertz CT molecular complexity index is 702. The van der Waals surface area contributed by atoms with Crippen molar-refractivity contribution in [2.75, 3.05) is 26.6 Å². The second-order valence-corrected chi connectivity index (χ2v) is 5.74. The molecule has 2 rings (SSSR count). The number of methoxy groups -OCH3 is 3. The number of benzene rings is 2. The first kappa shape index (κ1) is 18.6. The molecule has 5 heteroatoms. The molecule has 0 fully saturated rings. The van der Waals surface area contributed by atoms with E-state index in [4.69, 9.17) is 14.2 Å². The zero-order valence-electron chi connectivity index (χ0n) is 15.2. The summed E-state index contributed by atoms with van der Waals surface area (Å²) < 4.78 is 15.9. The molecule has 0 aromatic heterocycles. The van der Waals surface area contributed by atoms with Crippen molar-refractivity contribution in [2.45, 2.75) is 26.2 Å². The summed E-state index contributed by atoms with van der Waals surface area (Å²) in [6.45, 7) is 2.09. The maximum atomic E-state index is 12.2. The zero-order chi connectivity index (χ0) is 18.2. The summed E-state index contributed by atoms with van der Waals surface area (Å²) in [5.41, 5.74) is 3.16. The first-order chi connectivity index (χ1) is 12.1. The lowest BCUT2D eigenvalue weighted by Crippen LogP contribution is -2.12. The van der Waals surface area contributed by atoms with Crippen molar-refractivity contribution < 1.29 is 19.0 Å². The van der Waals surface area contributed by atoms with E-state index in [9.17, 15) is 4.79 Å². The van der Waals surface area contributed by atoms with E-state index in [2.05, 4.69) is 24.4 Å². The van der Waals surface area contributed by atoms with Gasteiger partial charge in [0.1, 0.15) is 0 Å². The highest BCUT2D eigenvalue weighted by molar-refractivity contribution is 5.91. The average Bonchev–Trinajstić information content (AvgIpc) is 2.62. The lowest BCUT2D eigenvalue weighted by Gasteiger charge is -2.14.